The van der Waals surface area contributed by atoms with Crippen molar-refractivity contribution in [3.05, 3.63) is 64.2 Å². The van der Waals surface area contributed by atoms with E-state index in [4.69, 9.17) is 16.7 Å². The second-order valence-electron chi connectivity index (χ2n) is 6.23. The number of aromatic carboxylic acids is 1. The first-order valence-corrected chi connectivity index (χ1v) is 8.68. The summed E-state index contributed by atoms with van der Waals surface area (Å²) < 4.78 is 0. The number of carboxylic acids is 1. The van der Waals surface area contributed by atoms with Crippen LogP contribution in [-0.4, -0.2) is 17.3 Å². The third-order valence-corrected chi connectivity index (χ3v) is 4.87. The normalized spacial score (nSPS) is 15.7. The second-order valence-corrected chi connectivity index (χ2v) is 6.63. The Kier molecular flexibility index (Phi) is 5.31. The molecule has 1 aliphatic rings. The molecule has 4 heteroatoms. The van der Waals surface area contributed by atoms with Gasteiger partial charge in [-0.3, -0.25) is 4.99 Å². The van der Waals surface area contributed by atoms with Crippen LogP contribution in [0.15, 0.2) is 47.5 Å². The van der Waals surface area contributed by atoms with Crippen LogP contribution in [0.1, 0.15) is 59.5 Å². The lowest BCUT2D eigenvalue weighted by Gasteiger charge is -2.23. The third-order valence-electron chi connectivity index (χ3n) is 4.55. The fraction of sp³-hybridized carbons (Fsp3) is 0.300. The molecule has 0 aromatic heterocycles. The molecule has 0 amide bonds. The summed E-state index contributed by atoms with van der Waals surface area (Å²) in [6.45, 7) is 0. The summed E-state index contributed by atoms with van der Waals surface area (Å²) in [6.07, 6.45) is 8.12. The van der Waals surface area contributed by atoms with Crippen LogP contribution in [0.2, 0.25) is 5.02 Å². The van der Waals surface area contributed by atoms with Crippen LogP contribution in [-0.2, 0) is 0 Å². The van der Waals surface area contributed by atoms with E-state index in [1.54, 1.807) is 30.5 Å². The van der Waals surface area contributed by atoms with Crippen molar-refractivity contribution in [3.8, 4) is 0 Å². The van der Waals surface area contributed by atoms with Crippen LogP contribution in [0.5, 0.6) is 0 Å². The number of halogens is 1. The molecule has 0 atom stereocenters. The van der Waals surface area contributed by atoms with Gasteiger partial charge in [-0.25, -0.2) is 4.79 Å². The van der Waals surface area contributed by atoms with Crippen molar-refractivity contribution in [2.45, 2.75) is 38.0 Å². The van der Waals surface area contributed by atoms with Gasteiger partial charge in [0.2, 0.25) is 0 Å². The Morgan fingerprint density at radius 1 is 1.08 bits per heavy atom. The molecule has 1 fully saturated rings. The fourth-order valence-corrected chi connectivity index (χ4v) is 3.55. The molecule has 0 spiro atoms. The van der Waals surface area contributed by atoms with Crippen molar-refractivity contribution in [1.29, 1.82) is 0 Å². The average molecular weight is 342 g/mol. The Hall–Kier alpha value is -2.13. The topological polar surface area (TPSA) is 49.7 Å². The van der Waals surface area contributed by atoms with Gasteiger partial charge in [0.15, 0.2) is 0 Å². The summed E-state index contributed by atoms with van der Waals surface area (Å²) in [5.41, 5.74) is 3.17. The number of carboxylic acid groups (broad SMARTS) is 1. The van der Waals surface area contributed by atoms with Crippen molar-refractivity contribution in [1.82, 2.24) is 0 Å². The maximum atomic E-state index is 10.8. The smallest absolute Gasteiger partial charge is 0.335 e. The SMILES string of the molecule is O=C(O)c1ccc(N=Cc2ccc(C3CCCCC3)c(Cl)c2)cc1. The minimum atomic E-state index is -0.935. The summed E-state index contributed by atoms with van der Waals surface area (Å²) >= 11 is 6.47. The molecule has 1 N–H and O–H groups in total. The predicted octanol–water partition coefficient (Wildman–Crippen LogP) is 5.84. The van der Waals surface area contributed by atoms with E-state index in [0.717, 1.165) is 10.6 Å². The predicted molar refractivity (Wildman–Crippen MR) is 97.9 cm³/mol. The maximum absolute atomic E-state index is 10.8. The van der Waals surface area contributed by atoms with Gasteiger partial charge in [0.1, 0.15) is 0 Å². The minimum Gasteiger partial charge on any atom is -0.478 e. The van der Waals surface area contributed by atoms with Gasteiger partial charge in [-0.15, -0.1) is 0 Å². The van der Waals surface area contributed by atoms with E-state index in [1.165, 1.54) is 37.7 Å². The number of nitrogens with zero attached hydrogens (tertiary/aromatic N) is 1. The zero-order valence-corrected chi connectivity index (χ0v) is 14.2. The van der Waals surface area contributed by atoms with E-state index < -0.39 is 5.97 Å². The number of aliphatic imine (C=N–C) groups is 1. The van der Waals surface area contributed by atoms with Crippen molar-refractivity contribution < 1.29 is 9.90 Å². The average Bonchev–Trinajstić information content (AvgIpc) is 2.61. The molecule has 2 aromatic carbocycles. The highest BCUT2D eigenvalue weighted by atomic mass is 35.5. The van der Waals surface area contributed by atoms with Crippen LogP contribution in [0.4, 0.5) is 5.69 Å². The molecule has 0 radical (unpaired) electrons. The highest BCUT2D eigenvalue weighted by Gasteiger charge is 2.17. The third kappa shape index (κ3) is 4.04. The molecule has 1 saturated carbocycles. The van der Waals surface area contributed by atoms with Gasteiger partial charge in [0.05, 0.1) is 11.3 Å². The van der Waals surface area contributed by atoms with Crippen LogP contribution in [0.3, 0.4) is 0 Å². The van der Waals surface area contributed by atoms with Crippen molar-refractivity contribution >= 4 is 29.5 Å². The number of benzene rings is 2. The lowest BCUT2D eigenvalue weighted by Crippen LogP contribution is -2.05. The van der Waals surface area contributed by atoms with Crippen LogP contribution >= 0.6 is 11.6 Å². The largest absolute Gasteiger partial charge is 0.478 e. The van der Waals surface area contributed by atoms with Gasteiger partial charge in [-0.2, -0.15) is 0 Å². The highest BCUT2D eigenvalue weighted by Crippen LogP contribution is 2.36. The fourth-order valence-electron chi connectivity index (χ4n) is 3.21. The van der Waals surface area contributed by atoms with Gasteiger partial charge >= 0.3 is 5.97 Å². The molecule has 124 valence electrons. The number of rotatable bonds is 4. The van der Waals surface area contributed by atoms with E-state index >= 15 is 0 Å². The molecule has 24 heavy (non-hydrogen) atoms. The van der Waals surface area contributed by atoms with Gasteiger partial charge in [-0.1, -0.05) is 43.0 Å². The van der Waals surface area contributed by atoms with Gasteiger partial charge in [0.25, 0.3) is 0 Å². The maximum Gasteiger partial charge on any atom is 0.335 e. The Morgan fingerprint density at radius 2 is 1.79 bits per heavy atom. The Bertz CT molecular complexity index is 747. The molecule has 1 aliphatic carbocycles. The molecule has 0 aliphatic heterocycles. The summed E-state index contributed by atoms with van der Waals surface area (Å²) in [7, 11) is 0. The summed E-state index contributed by atoms with van der Waals surface area (Å²) in [6, 6.07) is 12.6. The zero-order valence-electron chi connectivity index (χ0n) is 13.4. The van der Waals surface area contributed by atoms with E-state index in [1.807, 2.05) is 12.1 Å². The first kappa shape index (κ1) is 16.7. The first-order chi connectivity index (χ1) is 11.6. The van der Waals surface area contributed by atoms with Gasteiger partial charge in [-0.05, 0) is 60.2 Å². The Morgan fingerprint density at radius 3 is 2.42 bits per heavy atom. The molecule has 0 saturated heterocycles. The van der Waals surface area contributed by atoms with E-state index in [-0.39, 0.29) is 5.56 Å². The van der Waals surface area contributed by atoms with E-state index in [2.05, 4.69) is 11.1 Å². The van der Waals surface area contributed by atoms with Crippen LogP contribution in [0.25, 0.3) is 0 Å². The Balaban J connectivity index is 1.73. The minimum absolute atomic E-state index is 0.258. The van der Waals surface area contributed by atoms with Crippen molar-refractivity contribution in [2.24, 2.45) is 4.99 Å². The standard InChI is InChI=1S/C20H20ClNO2/c21-19-12-14(6-11-18(19)15-4-2-1-3-5-15)13-22-17-9-7-16(8-10-17)20(23)24/h6-13,15H,1-5H2,(H,23,24). The highest BCUT2D eigenvalue weighted by molar-refractivity contribution is 6.31. The molecule has 0 unspecified atom stereocenters. The second kappa shape index (κ2) is 7.63. The van der Waals surface area contributed by atoms with Gasteiger partial charge < -0.3 is 5.11 Å². The molecular weight excluding hydrogens is 322 g/mol. The molecule has 0 heterocycles. The molecule has 0 bridgehead atoms. The lowest BCUT2D eigenvalue weighted by molar-refractivity contribution is 0.0697. The molecule has 3 rings (SSSR count). The summed E-state index contributed by atoms with van der Waals surface area (Å²) in [5.74, 6) is -0.351. The number of carbonyl (C=O) groups is 1. The van der Waals surface area contributed by atoms with Crippen LogP contribution in [0, 0.1) is 0 Å². The van der Waals surface area contributed by atoms with Crippen LogP contribution < -0.4 is 0 Å². The van der Waals surface area contributed by atoms with E-state index in [9.17, 15) is 4.79 Å². The van der Waals surface area contributed by atoms with Crippen molar-refractivity contribution in [3.63, 3.8) is 0 Å². The first-order valence-electron chi connectivity index (χ1n) is 8.30. The number of hydrogen-bond donors (Lipinski definition) is 1. The number of hydrogen-bond acceptors (Lipinski definition) is 2. The van der Waals surface area contributed by atoms with E-state index in [0.29, 0.717) is 11.6 Å². The summed E-state index contributed by atoms with van der Waals surface area (Å²) in [4.78, 5) is 15.2. The molecular formula is C20H20ClNO2. The molecule has 2 aromatic rings. The zero-order chi connectivity index (χ0) is 16.9. The van der Waals surface area contributed by atoms with Crippen molar-refractivity contribution in [2.75, 3.05) is 0 Å². The Labute approximate surface area is 147 Å². The quantitative estimate of drug-likeness (QED) is 0.710. The summed E-state index contributed by atoms with van der Waals surface area (Å²) in [5, 5.41) is 9.71. The monoisotopic (exact) mass is 341 g/mol. The lowest BCUT2D eigenvalue weighted by atomic mass is 9.84. The van der Waals surface area contributed by atoms with Gasteiger partial charge in [0, 0.05) is 11.2 Å². The molecule has 3 nitrogen and oxygen atoms in total.